The summed E-state index contributed by atoms with van der Waals surface area (Å²) in [7, 11) is 3.63. The Morgan fingerprint density at radius 1 is 1.28 bits per heavy atom. The van der Waals surface area contributed by atoms with Crippen molar-refractivity contribution in [2.75, 3.05) is 14.2 Å². The summed E-state index contributed by atoms with van der Waals surface area (Å²) < 4.78 is 18.8. The minimum atomic E-state index is -0.198. The highest BCUT2D eigenvalue weighted by Crippen LogP contribution is 2.33. The van der Waals surface area contributed by atoms with Crippen LogP contribution >= 0.6 is 0 Å². The van der Waals surface area contributed by atoms with E-state index in [-0.39, 0.29) is 23.4 Å². The number of nitrogens with one attached hydrogen (secondary N) is 1. The van der Waals surface area contributed by atoms with Gasteiger partial charge in [-0.05, 0) is 42.6 Å². The number of rotatable bonds is 4. The third-order valence-corrected chi connectivity index (χ3v) is 3.29. The summed E-state index contributed by atoms with van der Waals surface area (Å²) in [6.45, 7) is 8.36. The quantitative estimate of drug-likeness (QED) is 0.887. The van der Waals surface area contributed by atoms with Gasteiger partial charge in [0.05, 0.1) is 12.1 Å². The van der Waals surface area contributed by atoms with Crippen LogP contribution in [-0.2, 0) is 4.74 Å². The molecule has 3 heteroatoms. The zero-order valence-corrected chi connectivity index (χ0v) is 12.2. The summed E-state index contributed by atoms with van der Waals surface area (Å²) in [5.41, 5.74) is 2.03. The molecule has 0 saturated carbocycles. The van der Waals surface area contributed by atoms with Gasteiger partial charge in [0, 0.05) is 7.11 Å². The molecule has 0 amide bonds. The van der Waals surface area contributed by atoms with Crippen LogP contribution in [0.25, 0.3) is 0 Å². The van der Waals surface area contributed by atoms with Gasteiger partial charge < -0.3 is 10.1 Å². The molecule has 0 aliphatic carbocycles. The van der Waals surface area contributed by atoms with E-state index in [0.29, 0.717) is 0 Å². The van der Waals surface area contributed by atoms with E-state index in [9.17, 15) is 4.39 Å². The summed E-state index contributed by atoms with van der Waals surface area (Å²) >= 11 is 0. The first-order valence-corrected chi connectivity index (χ1v) is 6.27. The third-order valence-electron chi connectivity index (χ3n) is 3.29. The molecule has 0 fully saturated rings. The zero-order valence-electron chi connectivity index (χ0n) is 12.2. The molecule has 0 radical (unpaired) electrons. The molecule has 102 valence electrons. The Labute approximate surface area is 110 Å². The van der Waals surface area contributed by atoms with Gasteiger partial charge in [-0.2, -0.15) is 0 Å². The van der Waals surface area contributed by atoms with E-state index >= 15 is 0 Å². The van der Waals surface area contributed by atoms with Crippen molar-refractivity contribution in [1.29, 1.82) is 0 Å². The Morgan fingerprint density at radius 3 is 2.28 bits per heavy atom. The van der Waals surface area contributed by atoms with E-state index in [4.69, 9.17) is 4.74 Å². The first kappa shape index (κ1) is 15.1. The van der Waals surface area contributed by atoms with Crippen molar-refractivity contribution in [1.82, 2.24) is 5.32 Å². The zero-order chi connectivity index (χ0) is 13.9. The molecule has 2 nitrogen and oxygen atoms in total. The molecule has 0 heterocycles. The molecule has 0 saturated heterocycles. The van der Waals surface area contributed by atoms with Gasteiger partial charge in [0.15, 0.2) is 0 Å². The fraction of sp³-hybridized carbons (Fsp3) is 0.600. The van der Waals surface area contributed by atoms with Crippen molar-refractivity contribution in [3.8, 4) is 0 Å². The number of likely N-dealkylation sites (N-methyl/N-ethyl adjacent to an activating group) is 1. The average Bonchev–Trinajstić information content (AvgIpc) is 2.25. The molecule has 1 rings (SSSR count). The summed E-state index contributed by atoms with van der Waals surface area (Å²) in [4.78, 5) is 0. The van der Waals surface area contributed by atoms with Crippen molar-refractivity contribution in [2.24, 2.45) is 5.41 Å². The lowest BCUT2D eigenvalue weighted by Crippen LogP contribution is -2.40. The molecule has 0 aromatic heterocycles. The van der Waals surface area contributed by atoms with Gasteiger partial charge in [-0.15, -0.1) is 0 Å². The van der Waals surface area contributed by atoms with Crippen molar-refractivity contribution < 1.29 is 9.13 Å². The van der Waals surface area contributed by atoms with Gasteiger partial charge in [-0.25, -0.2) is 4.39 Å². The van der Waals surface area contributed by atoms with Gasteiger partial charge in [0.2, 0.25) is 0 Å². The van der Waals surface area contributed by atoms with Gasteiger partial charge in [0.1, 0.15) is 5.82 Å². The lowest BCUT2D eigenvalue weighted by molar-refractivity contribution is -0.0103. The van der Waals surface area contributed by atoms with Crippen molar-refractivity contribution in [3.05, 3.63) is 35.1 Å². The fourth-order valence-corrected chi connectivity index (χ4v) is 2.45. The lowest BCUT2D eigenvalue weighted by Gasteiger charge is -2.36. The molecule has 0 aliphatic heterocycles. The smallest absolute Gasteiger partial charge is 0.123 e. The normalized spacial score (nSPS) is 15.5. The summed E-state index contributed by atoms with van der Waals surface area (Å²) in [5, 5.41) is 3.29. The van der Waals surface area contributed by atoms with Crippen LogP contribution in [0.5, 0.6) is 0 Å². The van der Waals surface area contributed by atoms with E-state index in [2.05, 4.69) is 26.1 Å². The van der Waals surface area contributed by atoms with Gasteiger partial charge in [-0.3, -0.25) is 0 Å². The Bertz CT molecular complexity index is 398. The molecule has 0 aliphatic rings. The van der Waals surface area contributed by atoms with Gasteiger partial charge in [0.25, 0.3) is 0 Å². The van der Waals surface area contributed by atoms with Crippen molar-refractivity contribution in [3.63, 3.8) is 0 Å². The minimum absolute atomic E-state index is 0.00323. The highest BCUT2D eigenvalue weighted by Gasteiger charge is 2.33. The highest BCUT2D eigenvalue weighted by atomic mass is 19.1. The standard InChI is InChI=1S/C15H24FNO/c1-10-9-11(16)7-8-12(10)13(17-5)14(18-6)15(2,3)4/h7-9,13-14,17H,1-6H3. The van der Waals surface area contributed by atoms with Gasteiger partial charge in [-0.1, -0.05) is 26.8 Å². The summed E-state index contributed by atoms with van der Waals surface area (Å²) in [5.74, 6) is -0.198. The molecular weight excluding hydrogens is 229 g/mol. The van der Waals surface area contributed by atoms with E-state index in [1.54, 1.807) is 13.2 Å². The van der Waals surface area contributed by atoms with Crippen LogP contribution in [0.4, 0.5) is 4.39 Å². The number of aryl methyl sites for hydroxylation is 1. The number of ether oxygens (including phenoxy) is 1. The topological polar surface area (TPSA) is 21.3 Å². The van der Waals surface area contributed by atoms with Crippen molar-refractivity contribution >= 4 is 0 Å². The van der Waals surface area contributed by atoms with Crippen LogP contribution in [0.3, 0.4) is 0 Å². The molecule has 2 unspecified atom stereocenters. The number of benzene rings is 1. The first-order valence-electron chi connectivity index (χ1n) is 6.27. The molecule has 0 bridgehead atoms. The number of hydrogen-bond acceptors (Lipinski definition) is 2. The first-order chi connectivity index (χ1) is 8.31. The monoisotopic (exact) mass is 253 g/mol. The van der Waals surface area contributed by atoms with Crippen LogP contribution < -0.4 is 5.32 Å². The predicted molar refractivity (Wildman–Crippen MR) is 73.2 cm³/mol. The summed E-state index contributed by atoms with van der Waals surface area (Å²) in [6, 6.07) is 4.95. The fourth-order valence-electron chi connectivity index (χ4n) is 2.45. The van der Waals surface area contributed by atoms with E-state index < -0.39 is 0 Å². The Balaban J connectivity index is 3.16. The summed E-state index contributed by atoms with van der Waals surface area (Å²) in [6.07, 6.45) is 0.0201. The largest absolute Gasteiger partial charge is 0.379 e. The maximum absolute atomic E-state index is 13.2. The molecule has 1 aromatic rings. The Hall–Kier alpha value is -0.930. The average molecular weight is 253 g/mol. The number of halogens is 1. The van der Waals surface area contributed by atoms with E-state index in [1.807, 2.05) is 20.0 Å². The Kier molecular flexibility index (Phi) is 4.88. The van der Waals surface area contributed by atoms with Crippen LogP contribution in [-0.4, -0.2) is 20.3 Å². The molecule has 2 atom stereocenters. The van der Waals surface area contributed by atoms with Crippen LogP contribution in [0.1, 0.15) is 37.9 Å². The SMILES string of the molecule is CNC(c1ccc(F)cc1C)C(OC)C(C)(C)C. The predicted octanol–water partition coefficient (Wildman–Crippen LogP) is 3.46. The van der Waals surface area contributed by atoms with Crippen LogP contribution in [0, 0.1) is 18.2 Å². The number of methoxy groups -OCH3 is 1. The van der Waals surface area contributed by atoms with E-state index in [0.717, 1.165) is 11.1 Å². The minimum Gasteiger partial charge on any atom is -0.379 e. The molecular formula is C15H24FNO. The third kappa shape index (κ3) is 3.30. The molecule has 1 N–H and O–H groups in total. The van der Waals surface area contributed by atoms with Crippen molar-refractivity contribution in [2.45, 2.75) is 39.8 Å². The molecule has 0 spiro atoms. The maximum atomic E-state index is 13.2. The second-order valence-corrected chi connectivity index (χ2v) is 5.79. The van der Waals surface area contributed by atoms with E-state index in [1.165, 1.54) is 6.07 Å². The Morgan fingerprint density at radius 2 is 1.89 bits per heavy atom. The molecule has 18 heavy (non-hydrogen) atoms. The highest BCUT2D eigenvalue weighted by molar-refractivity contribution is 5.30. The maximum Gasteiger partial charge on any atom is 0.123 e. The molecule has 1 aromatic carbocycles. The van der Waals surface area contributed by atoms with Gasteiger partial charge >= 0.3 is 0 Å². The lowest BCUT2D eigenvalue weighted by atomic mass is 9.81. The van der Waals surface area contributed by atoms with Crippen LogP contribution in [0.15, 0.2) is 18.2 Å². The van der Waals surface area contributed by atoms with Crippen LogP contribution in [0.2, 0.25) is 0 Å². The number of hydrogen-bond donors (Lipinski definition) is 1. The second kappa shape index (κ2) is 5.81. The second-order valence-electron chi connectivity index (χ2n) is 5.79.